The minimum atomic E-state index is -3.47. The lowest BCUT2D eigenvalue weighted by atomic mass is 10.4. The lowest BCUT2D eigenvalue weighted by molar-refractivity contribution is 0.554. The summed E-state index contributed by atoms with van der Waals surface area (Å²) in [6.07, 6.45) is 0. The summed E-state index contributed by atoms with van der Waals surface area (Å²) in [5, 5.41) is 2.97. The summed E-state index contributed by atoms with van der Waals surface area (Å²) in [6.45, 7) is 2.25. The van der Waals surface area contributed by atoms with Gasteiger partial charge in [-0.15, -0.1) is 0 Å². The van der Waals surface area contributed by atoms with Crippen LogP contribution < -0.4 is 10.0 Å². The van der Waals surface area contributed by atoms with Crippen molar-refractivity contribution in [3.8, 4) is 0 Å². The Bertz CT molecular complexity index is 491. The molecular formula is C10H14Br2N2O2S. The first-order chi connectivity index (χ1) is 7.86. The van der Waals surface area contributed by atoms with E-state index in [4.69, 9.17) is 0 Å². The van der Waals surface area contributed by atoms with Crippen LogP contribution in [0.2, 0.25) is 0 Å². The second-order valence-corrected chi connectivity index (χ2v) is 7.12. The van der Waals surface area contributed by atoms with E-state index in [2.05, 4.69) is 41.9 Å². The second kappa shape index (κ2) is 6.29. The van der Waals surface area contributed by atoms with Crippen molar-refractivity contribution in [3.63, 3.8) is 0 Å². The van der Waals surface area contributed by atoms with Crippen LogP contribution in [-0.2, 0) is 10.0 Å². The molecule has 0 aliphatic rings. The molecule has 0 aliphatic heterocycles. The van der Waals surface area contributed by atoms with E-state index in [-0.39, 0.29) is 10.9 Å². The summed E-state index contributed by atoms with van der Waals surface area (Å²) < 4.78 is 27.9. The van der Waals surface area contributed by atoms with E-state index in [0.717, 1.165) is 4.47 Å². The fraction of sp³-hybridized carbons (Fsp3) is 0.400. The van der Waals surface area contributed by atoms with Gasteiger partial charge in [0.1, 0.15) is 0 Å². The van der Waals surface area contributed by atoms with Crippen LogP contribution >= 0.6 is 31.9 Å². The number of sulfonamides is 1. The first kappa shape index (κ1) is 15.1. The van der Waals surface area contributed by atoms with Crippen molar-refractivity contribution in [2.45, 2.75) is 17.9 Å². The molecule has 0 spiro atoms. The minimum absolute atomic E-state index is 0.0824. The molecule has 0 radical (unpaired) electrons. The molecule has 0 aromatic heterocycles. The van der Waals surface area contributed by atoms with Gasteiger partial charge in [0, 0.05) is 21.5 Å². The van der Waals surface area contributed by atoms with Crippen LogP contribution in [0.5, 0.6) is 0 Å². The van der Waals surface area contributed by atoms with Crippen molar-refractivity contribution in [2.75, 3.05) is 13.6 Å². The molecule has 0 heterocycles. The highest BCUT2D eigenvalue weighted by Crippen LogP contribution is 2.25. The molecule has 1 aromatic rings. The Morgan fingerprint density at radius 3 is 2.53 bits per heavy atom. The average Bonchev–Trinajstić information content (AvgIpc) is 2.25. The molecule has 7 heteroatoms. The molecule has 1 atom stereocenters. The van der Waals surface area contributed by atoms with Crippen molar-refractivity contribution in [1.82, 2.24) is 10.0 Å². The van der Waals surface area contributed by atoms with Crippen molar-refractivity contribution >= 4 is 41.9 Å². The van der Waals surface area contributed by atoms with Gasteiger partial charge in [-0.2, -0.15) is 0 Å². The predicted molar refractivity (Wildman–Crippen MR) is 75.6 cm³/mol. The molecular weight excluding hydrogens is 372 g/mol. The monoisotopic (exact) mass is 384 g/mol. The first-order valence-corrected chi connectivity index (χ1v) is 8.05. The molecule has 0 bridgehead atoms. The summed E-state index contributed by atoms with van der Waals surface area (Å²) in [7, 11) is -1.68. The molecule has 0 saturated carbocycles. The standard InChI is InChI=1S/C10H14Br2N2O2S/c1-7(13-2)6-14-17(15,16)10-4-3-8(11)5-9(10)12/h3-5,7,13-14H,6H2,1-2H3. The molecule has 4 nitrogen and oxygen atoms in total. The topological polar surface area (TPSA) is 58.2 Å². The maximum absolute atomic E-state index is 12.0. The highest BCUT2D eigenvalue weighted by Gasteiger charge is 2.17. The number of likely N-dealkylation sites (N-methyl/N-ethyl adjacent to an activating group) is 1. The summed E-state index contributed by atoms with van der Waals surface area (Å²) in [6, 6.07) is 5.04. The van der Waals surface area contributed by atoms with Gasteiger partial charge in [0.2, 0.25) is 10.0 Å². The molecule has 0 fully saturated rings. The van der Waals surface area contributed by atoms with E-state index in [1.807, 2.05) is 6.92 Å². The Labute approximate surface area is 118 Å². The maximum Gasteiger partial charge on any atom is 0.241 e. The Hall–Kier alpha value is 0.0500. The normalized spacial score (nSPS) is 13.6. The summed E-state index contributed by atoms with van der Waals surface area (Å²) in [5.41, 5.74) is 0. The molecule has 96 valence electrons. The van der Waals surface area contributed by atoms with E-state index in [1.54, 1.807) is 25.2 Å². The predicted octanol–water partition coefficient (Wildman–Crippen LogP) is 2.10. The van der Waals surface area contributed by atoms with Crippen LogP contribution in [0.4, 0.5) is 0 Å². The summed E-state index contributed by atoms with van der Waals surface area (Å²) in [4.78, 5) is 0.240. The number of nitrogens with one attached hydrogen (secondary N) is 2. The minimum Gasteiger partial charge on any atom is -0.316 e. The zero-order chi connectivity index (χ0) is 13.1. The van der Waals surface area contributed by atoms with E-state index in [9.17, 15) is 8.42 Å². The average molecular weight is 386 g/mol. The largest absolute Gasteiger partial charge is 0.316 e. The van der Waals surface area contributed by atoms with Gasteiger partial charge in [0.25, 0.3) is 0 Å². The van der Waals surface area contributed by atoms with Crippen LogP contribution in [0.15, 0.2) is 32.0 Å². The van der Waals surface area contributed by atoms with Crippen LogP contribution in [0.3, 0.4) is 0 Å². The van der Waals surface area contributed by atoms with Crippen molar-refractivity contribution in [2.24, 2.45) is 0 Å². The number of rotatable bonds is 5. The van der Waals surface area contributed by atoms with E-state index in [0.29, 0.717) is 11.0 Å². The van der Waals surface area contributed by atoms with Gasteiger partial charge in [0.05, 0.1) is 4.90 Å². The Balaban J connectivity index is 2.90. The number of halogens is 2. The molecule has 1 unspecified atom stereocenters. The van der Waals surface area contributed by atoms with Crippen molar-refractivity contribution in [3.05, 3.63) is 27.1 Å². The molecule has 17 heavy (non-hydrogen) atoms. The third-order valence-corrected chi connectivity index (χ3v) is 5.15. The SMILES string of the molecule is CNC(C)CNS(=O)(=O)c1ccc(Br)cc1Br. The van der Waals surface area contributed by atoms with Crippen LogP contribution in [0.1, 0.15) is 6.92 Å². The number of benzene rings is 1. The third kappa shape index (κ3) is 4.33. The Morgan fingerprint density at radius 2 is 2.00 bits per heavy atom. The highest BCUT2D eigenvalue weighted by atomic mass is 79.9. The number of hydrogen-bond donors (Lipinski definition) is 2. The molecule has 0 aliphatic carbocycles. The van der Waals surface area contributed by atoms with Gasteiger partial charge in [-0.3, -0.25) is 0 Å². The maximum atomic E-state index is 12.0. The van der Waals surface area contributed by atoms with Crippen molar-refractivity contribution in [1.29, 1.82) is 0 Å². The molecule has 1 aromatic carbocycles. The van der Waals surface area contributed by atoms with Gasteiger partial charge in [-0.05, 0) is 48.1 Å². The molecule has 0 amide bonds. The zero-order valence-electron chi connectivity index (χ0n) is 9.50. The third-order valence-electron chi connectivity index (χ3n) is 2.26. The van der Waals surface area contributed by atoms with Crippen LogP contribution in [0, 0.1) is 0 Å². The van der Waals surface area contributed by atoms with E-state index >= 15 is 0 Å². The van der Waals surface area contributed by atoms with E-state index in [1.165, 1.54) is 0 Å². The zero-order valence-corrected chi connectivity index (χ0v) is 13.5. The Morgan fingerprint density at radius 1 is 1.35 bits per heavy atom. The highest BCUT2D eigenvalue weighted by molar-refractivity contribution is 9.11. The smallest absolute Gasteiger partial charge is 0.241 e. The van der Waals surface area contributed by atoms with Crippen LogP contribution in [0.25, 0.3) is 0 Å². The first-order valence-electron chi connectivity index (χ1n) is 4.99. The molecule has 0 saturated heterocycles. The van der Waals surface area contributed by atoms with E-state index < -0.39 is 10.0 Å². The second-order valence-electron chi connectivity index (χ2n) is 3.62. The molecule has 2 N–H and O–H groups in total. The number of hydrogen-bond acceptors (Lipinski definition) is 3. The van der Waals surface area contributed by atoms with Crippen LogP contribution in [-0.4, -0.2) is 28.1 Å². The lowest BCUT2D eigenvalue weighted by Crippen LogP contribution is -2.37. The van der Waals surface area contributed by atoms with Gasteiger partial charge < -0.3 is 5.32 Å². The van der Waals surface area contributed by atoms with Gasteiger partial charge >= 0.3 is 0 Å². The molecule has 1 rings (SSSR count). The Kier molecular flexibility index (Phi) is 5.59. The van der Waals surface area contributed by atoms with Gasteiger partial charge in [-0.1, -0.05) is 15.9 Å². The van der Waals surface area contributed by atoms with Gasteiger partial charge in [-0.25, -0.2) is 13.1 Å². The quantitative estimate of drug-likeness (QED) is 0.815. The summed E-state index contributed by atoms with van der Waals surface area (Å²) >= 11 is 6.52. The summed E-state index contributed by atoms with van der Waals surface area (Å²) in [5.74, 6) is 0. The fourth-order valence-corrected chi connectivity index (χ4v) is 3.98. The van der Waals surface area contributed by atoms with Gasteiger partial charge in [0.15, 0.2) is 0 Å². The van der Waals surface area contributed by atoms with Crippen molar-refractivity contribution < 1.29 is 8.42 Å². The lowest BCUT2D eigenvalue weighted by Gasteiger charge is -2.12. The fourth-order valence-electron chi connectivity index (χ4n) is 1.11.